The summed E-state index contributed by atoms with van der Waals surface area (Å²) in [5.41, 5.74) is 1.16. The first-order chi connectivity index (χ1) is 21.5. The van der Waals surface area contributed by atoms with Crippen LogP contribution in [0, 0.1) is 5.92 Å². The highest BCUT2D eigenvalue weighted by Gasteiger charge is 2.31. The molecule has 1 saturated heterocycles. The third-order valence-corrected chi connectivity index (χ3v) is 8.33. The molecule has 4 rings (SSSR count). The maximum atomic E-state index is 13.4. The Morgan fingerprint density at radius 1 is 1.00 bits per heavy atom. The summed E-state index contributed by atoms with van der Waals surface area (Å²) in [6.07, 6.45) is -4.50. The van der Waals surface area contributed by atoms with Crippen LogP contribution >= 0.6 is 0 Å². The molecule has 0 radical (unpaired) electrons. The van der Waals surface area contributed by atoms with E-state index in [9.17, 15) is 27.6 Å². The quantitative estimate of drug-likeness (QED) is 0.508. The molecule has 2 aliphatic heterocycles. The smallest absolute Gasteiger partial charge is 0.389 e. The monoisotopic (exact) mass is 637 g/mol. The van der Waals surface area contributed by atoms with Crippen molar-refractivity contribution in [1.82, 2.24) is 20.1 Å². The minimum absolute atomic E-state index is 0.0206. The summed E-state index contributed by atoms with van der Waals surface area (Å²) in [4.78, 5) is 48.8. The van der Waals surface area contributed by atoms with Crippen LogP contribution < -0.4 is 24.4 Å². The largest absolute Gasteiger partial charge is 0.493 e. The summed E-state index contributed by atoms with van der Waals surface area (Å²) in [5.74, 6) is 0.741. The van der Waals surface area contributed by atoms with Crippen LogP contribution in [0.15, 0.2) is 12.1 Å². The number of fused-ring (bicyclic) bond motifs is 5. The fraction of sp³-hybridized carbons (Fsp3) is 0.613. The van der Waals surface area contributed by atoms with Crippen LogP contribution in [0.5, 0.6) is 17.2 Å². The molecular weight excluding hydrogens is 595 g/mol. The average Bonchev–Trinajstić information content (AvgIpc) is 3.03. The van der Waals surface area contributed by atoms with Crippen LogP contribution in [0.2, 0.25) is 0 Å². The van der Waals surface area contributed by atoms with Gasteiger partial charge < -0.3 is 34.2 Å². The van der Waals surface area contributed by atoms with Crippen LogP contribution in [0.3, 0.4) is 0 Å². The Morgan fingerprint density at radius 2 is 1.73 bits per heavy atom. The van der Waals surface area contributed by atoms with Gasteiger partial charge in [-0.3, -0.25) is 14.4 Å². The van der Waals surface area contributed by atoms with Crippen molar-refractivity contribution in [3.05, 3.63) is 17.7 Å². The van der Waals surface area contributed by atoms with Gasteiger partial charge in [-0.15, -0.1) is 0 Å². The second-order valence-electron chi connectivity index (χ2n) is 11.4. The van der Waals surface area contributed by atoms with Gasteiger partial charge >= 0.3 is 6.18 Å². The maximum absolute atomic E-state index is 13.4. The van der Waals surface area contributed by atoms with E-state index in [0.717, 1.165) is 12.8 Å². The summed E-state index contributed by atoms with van der Waals surface area (Å²) in [7, 11) is 4.48. The Balaban J connectivity index is 1.85. The van der Waals surface area contributed by atoms with Gasteiger partial charge in [-0.05, 0) is 24.8 Å². The van der Waals surface area contributed by atoms with Crippen LogP contribution in [0.1, 0.15) is 51.0 Å². The summed E-state index contributed by atoms with van der Waals surface area (Å²) >= 11 is 0. The summed E-state index contributed by atoms with van der Waals surface area (Å²) in [5, 5.41) is 3.58. The Labute approximate surface area is 261 Å². The molecule has 0 spiro atoms. The third-order valence-electron chi connectivity index (χ3n) is 8.33. The van der Waals surface area contributed by atoms with Gasteiger partial charge in [0, 0.05) is 82.1 Å². The van der Waals surface area contributed by atoms with Crippen molar-refractivity contribution in [3.63, 3.8) is 0 Å². The molecule has 2 aromatic rings. The summed E-state index contributed by atoms with van der Waals surface area (Å²) in [6.45, 7) is 3.55. The van der Waals surface area contributed by atoms with Gasteiger partial charge in [-0.25, -0.2) is 4.98 Å². The molecule has 1 N–H and O–H groups in total. The Hall–Kier alpha value is -3.97. The van der Waals surface area contributed by atoms with E-state index in [-0.39, 0.29) is 56.8 Å². The highest BCUT2D eigenvalue weighted by atomic mass is 19.4. The first-order valence-electron chi connectivity index (χ1n) is 15.2. The second-order valence-corrected chi connectivity index (χ2v) is 11.4. The molecule has 0 aliphatic carbocycles. The molecule has 2 aliphatic rings. The number of pyridine rings is 1. The normalized spacial score (nSPS) is 18.4. The van der Waals surface area contributed by atoms with Crippen LogP contribution in [0.4, 0.5) is 19.0 Å². The van der Waals surface area contributed by atoms with Crippen LogP contribution in [-0.2, 0) is 20.9 Å². The summed E-state index contributed by atoms with van der Waals surface area (Å²) in [6, 6.07) is 3.57. The molecule has 0 saturated carbocycles. The summed E-state index contributed by atoms with van der Waals surface area (Å²) < 4.78 is 56.3. The molecule has 1 atom stereocenters. The number of hydrogen-bond acceptors (Lipinski definition) is 8. The number of nitrogens with one attached hydrogen (secondary N) is 1. The first-order valence-corrected chi connectivity index (χ1v) is 15.2. The van der Waals surface area contributed by atoms with Gasteiger partial charge in [0.05, 0.1) is 33.3 Å². The molecule has 45 heavy (non-hydrogen) atoms. The Kier molecular flexibility index (Phi) is 11.2. The van der Waals surface area contributed by atoms with E-state index in [1.807, 2.05) is 6.07 Å². The molecule has 1 aromatic heterocycles. The SMILES string of the molecule is CCC(=O)N1CCC(=O)NCC2CCCN(C2)c2nc3cc(OC)c(OC)c(OC)c3cc2CN(C(=O)CCC(F)(F)F)CC1. The number of piperidine rings is 1. The standard InChI is InChI=1S/C31H42F3N5O6/c1-5-26(41)37-12-9-25(40)35-17-20-7-6-11-39(18-20)30-21(19-38(14-13-37)27(42)8-10-31(32,33)34)15-22-23(36-30)16-24(43-2)29(45-4)28(22)44-3/h15-16,20H,5-14,17-19H2,1-4H3,(H,35,40). The second kappa shape index (κ2) is 14.9. The van der Waals surface area contributed by atoms with Crippen molar-refractivity contribution in [1.29, 1.82) is 0 Å². The van der Waals surface area contributed by atoms with Gasteiger partial charge in [0.2, 0.25) is 23.5 Å². The molecular formula is C31H42F3N5O6. The number of carbonyl (C=O) groups excluding carboxylic acids is 3. The van der Waals surface area contributed by atoms with E-state index in [0.29, 0.717) is 59.2 Å². The number of hydrogen-bond donors (Lipinski definition) is 1. The maximum Gasteiger partial charge on any atom is 0.389 e. The zero-order chi connectivity index (χ0) is 32.7. The molecule has 248 valence electrons. The lowest BCUT2D eigenvalue weighted by Crippen LogP contribution is -2.42. The molecule has 11 nitrogen and oxygen atoms in total. The van der Waals surface area contributed by atoms with E-state index in [1.165, 1.54) is 31.1 Å². The number of rotatable bonds is 6. The zero-order valence-corrected chi connectivity index (χ0v) is 26.3. The number of methoxy groups -OCH3 is 3. The Morgan fingerprint density at radius 3 is 2.40 bits per heavy atom. The predicted molar refractivity (Wildman–Crippen MR) is 162 cm³/mol. The molecule has 1 unspecified atom stereocenters. The van der Waals surface area contributed by atoms with Crippen LogP contribution in [-0.4, -0.2) is 99.3 Å². The molecule has 1 fully saturated rings. The fourth-order valence-electron chi connectivity index (χ4n) is 5.95. The van der Waals surface area contributed by atoms with E-state index in [1.54, 1.807) is 13.0 Å². The molecule has 2 bridgehead atoms. The molecule has 3 heterocycles. The van der Waals surface area contributed by atoms with Crippen LogP contribution in [0.25, 0.3) is 10.9 Å². The first kappa shape index (κ1) is 33.9. The van der Waals surface area contributed by atoms with Crippen molar-refractivity contribution in [2.24, 2.45) is 5.92 Å². The van der Waals surface area contributed by atoms with Gasteiger partial charge in [-0.1, -0.05) is 6.92 Å². The minimum Gasteiger partial charge on any atom is -0.493 e. The molecule has 14 heteroatoms. The van der Waals surface area contributed by atoms with E-state index < -0.39 is 24.9 Å². The average molecular weight is 638 g/mol. The number of ether oxygens (including phenoxy) is 3. The van der Waals surface area contributed by atoms with Gasteiger partial charge in [-0.2, -0.15) is 13.2 Å². The highest BCUT2D eigenvalue weighted by molar-refractivity contribution is 5.92. The Bertz CT molecular complexity index is 1390. The topological polar surface area (TPSA) is 114 Å². The van der Waals surface area contributed by atoms with Gasteiger partial charge in [0.25, 0.3) is 0 Å². The van der Waals surface area contributed by atoms with Gasteiger partial charge in [0.1, 0.15) is 5.82 Å². The number of carbonyl (C=O) groups is 3. The zero-order valence-electron chi connectivity index (χ0n) is 26.3. The minimum atomic E-state index is -4.50. The molecule has 1 aromatic carbocycles. The number of nitrogens with zero attached hydrogens (tertiary/aromatic N) is 4. The number of benzene rings is 1. The van der Waals surface area contributed by atoms with Crippen molar-refractivity contribution >= 4 is 34.4 Å². The third kappa shape index (κ3) is 8.40. The number of aromatic nitrogens is 1. The highest BCUT2D eigenvalue weighted by Crippen LogP contribution is 2.44. The van der Waals surface area contributed by atoms with E-state index in [4.69, 9.17) is 19.2 Å². The van der Waals surface area contributed by atoms with E-state index in [2.05, 4.69) is 10.2 Å². The number of alkyl halides is 3. The van der Waals surface area contributed by atoms with Crippen molar-refractivity contribution in [3.8, 4) is 17.2 Å². The van der Waals surface area contributed by atoms with Crippen molar-refractivity contribution in [2.75, 3.05) is 65.5 Å². The number of amides is 3. The molecule has 3 amide bonds. The van der Waals surface area contributed by atoms with E-state index >= 15 is 0 Å². The fourth-order valence-corrected chi connectivity index (χ4v) is 5.95. The van der Waals surface area contributed by atoms with Crippen molar-refractivity contribution < 1.29 is 41.8 Å². The lowest BCUT2D eigenvalue weighted by Gasteiger charge is -2.35. The predicted octanol–water partition coefficient (Wildman–Crippen LogP) is 3.91. The lowest BCUT2D eigenvalue weighted by atomic mass is 9.97. The number of halogens is 3. The number of anilines is 1. The van der Waals surface area contributed by atoms with Crippen molar-refractivity contribution in [2.45, 2.75) is 58.2 Å². The van der Waals surface area contributed by atoms with Gasteiger partial charge in [0.15, 0.2) is 11.5 Å². The lowest BCUT2D eigenvalue weighted by molar-refractivity contribution is -0.149.